The maximum absolute atomic E-state index is 14.4. The zero-order chi connectivity index (χ0) is 37.7. The number of likely N-dealkylation sites (tertiary alicyclic amines) is 1. The van der Waals surface area contributed by atoms with Crippen LogP contribution in [0.4, 0.5) is 0 Å². The fourth-order valence-electron chi connectivity index (χ4n) is 6.66. The Bertz CT molecular complexity index is 1410. The van der Waals surface area contributed by atoms with Crippen LogP contribution in [0.25, 0.3) is 0 Å². The first kappa shape index (κ1) is 42.0. The number of thiazole rings is 1. The van der Waals surface area contributed by atoms with Gasteiger partial charge in [-0.3, -0.25) is 24.1 Å². The normalized spacial score (nSPS) is 18.6. The standard InChI is InChI=1S/C38H59N5O7S/c1-8-25(4)33(41-35(46)30-16-12-13-17-42(30)6)37(47)43(18-19-50-7)31(24(2)3)22-32(44)36-40-29(23-51-36)34(45)39-28(20-26(5)38(48)49)21-27-14-10-9-11-15-27/h9-11,14-15,23-26,28,30-33,44H,8,12-13,16-22H2,1-7H3,(H,39,45)(H,41,46)(H,48,49). The molecular weight excluding hydrogens is 671 g/mol. The minimum atomic E-state index is -1.07. The zero-order valence-corrected chi connectivity index (χ0v) is 32.2. The number of ether oxygens (including phenoxy) is 1. The largest absolute Gasteiger partial charge is 0.481 e. The van der Waals surface area contributed by atoms with Crippen molar-refractivity contribution in [2.75, 3.05) is 33.9 Å². The van der Waals surface area contributed by atoms with Gasteiger partial charge in [0, 0.05) is 37.5 Å². The van der Waals surface area contributed by atoms with Gasteiger partial charge in [0.1, 0.15) is 22.8 Å². The van der Waals surface area contributed by atoms with Crippen LogP contribution in [-0.2, 0) is 25.5 Å². The van der Waals surface area contributed by atoms with E-state index in [-0.39, 0.29) is 61.4 Å². The number of nitrogens with zero attached hydrogens (tertiary/aromatic N) is 3. The van der Waals surface area contributed by atoms with Crippen LogP contribution in [0.5, 0.6) is 0 Å². The molecule has 4 N–H and O–H groups in total. The second kappa shape index (κ2) is 20.6. The van der Waals surface area contributed by atoms with Gasteiger partial charge in [-0.05, 0) is 56.7 Å². The Morgan fingerprint density at radius 1 is 1.08 bits per heavy atom. The molecule has 0 spiro atoms. The van der Waals surface area contributed by atoms with Crippen LogP contribution in [-0.4, -0.2) is 107 Å². The molecule has 0 saturated carbocycles. The van der Waals surface area contributed by atoms with E-state index in [0.29, 0.717) is 17.8 Å². The monoisotopic (exact) mass is 729 g/mol. The SMILES string of the molecule is CCC(C)C(NC(=O)C1CCCCN1C)C(=O)N(CCOC)C(CC(O)c1nc(C(=O)NC(Cc2ccccc2)CC(C)C(=O)O)cs1)C(C)C. The molecule has 1 saturated heterocycles. The number of carboxylic acids is 1. The molecule has 3 rings (SSSR count). The number of aliphatic hydroxyl groups is 1. The number of aromatic nitrogens is 1. The number of rotatable bonds is 20. The fourth-order valence-corrected chi connectivity index (χ4v) is 7.46. The molecule has 1 aliphatic heterocycles. The lowest BCUT2D eigenvalue weighted by Crippen LogP contribution is -2.59. The van der Waals surface area contributed by atoms with Crippen molar-refractivity contribution in [3.63, 3.8) is 0 Å². The van der Waals surface area contributed by atoms with E-state index in [1.165, 1.54) is 0 Å². The number of aliphatic carboxylic acids is 1. The maximum Gasteiger partial charge on any atom is 0.306 e. The van der Waals surface area contributed by atoms with Crippen molar-refractivity contribution in [3.8, 4) is 0 Å². The van der Waals surface area contributed by atoms with E-state index >= 15 is 0 Å². The number of piperidine rings is 1. The molecule has 12 nitrogen and oxygen atoms in total. The van der Waals surface area contributed by atoms with Gasteiger partial charge in [-0.2, -0.15) is 0 Å². The summed E-state index contributed by atoms with van der Waals surface area (Å²) in [6.07, 6.45) is 3.26. The second-order valence-electron chi connectivity index (χ2n) is 14.4. The van der Waals surface area contributed by atoms with Crippen molar-refractivity contribution >= 4 is 35.0 Å². The number of hydrogen-bond acceptors (Lipinski definition) is 9. The smallest absolute Gasteiger partial charge is 0.306 e. The van der Waals surface area contributed by atoms with Crippen LogP contribution in [0.15, 0.2) is 35.7 Å². The molecule has 2 heterocycles. The fraction of sp³-hybridized carbons (Fsp3) is 0.658. The van der Waals surface area contributed by atoms with E-state index in [2.05, 4.69) is 20.5 Å². The second-order valence-corrected chi connectivity index (χ2v) is 15.2. The first-order chi connectivity index (χ1) is 24.3. The number of aliphatic hydroxyl groups excluding tert-OH is 1. The van der Waals surface area contributed by atoms with Gasteiger partial charge < -0.3 is 30.5 Å². The summed E-state index contributed by atoms with van der Waals surface area (Å²) in [5, 5.41) is 29.0. The minimum absolute atomic E-state index is 0.0593. The Hall–Kier alpha value is -3.39. The van der Waals surface area contributed by atoms with Crippen molar-refractivity contribution in [2.45, 2.75) is 110 Å². The molecule has 0 radical (unpaired) electrons. The molecule has 7 atom stereocenters. The third-order valence-electron chi connectivity index (χ3n) is 10.1. The molecule has 13 heteroatoms. The van der Waals surface area contributed by atoms with E-state index in [4.69, 9.17) is 4.74 Å². The summed E-state index contributed by atoms with van der Waals surface area (Å²) in [5.74, 6) is -2.58. The van der Waals surface area contributed by atoms with Crippen LogP contribution < -0.4 is 10.6 Å². The van der Waals surface area contributed by atoms with Gasteiger partial charge in [-0.15, -0.1) is 11.3 Å². The molecule has 7 unspecified atom stereocenters. The van der Waals surface area contributed by atoms with E-state index in [9.17, 15) is 29.4 Å². The lowest BCUT2D eigenvalue weighted by Gasteiger charge is -2.39. The Morgan fingerprint density at radius 3 is 2.39 bits per heavy atom. The lowest BCUT2D eigenvalue weighted by atomic mass is 9.92. The molecular formula is C38H59N5O7S. The highest BCUT2D eigenvalue weighted by atomic mass is 32.1. The molecule has 284 valence electrons. The van der Waals surface area contributed by atoms with Crippen molar-refractivity contribution in [3.05, 3.63) is 52.0 Å². The Labute approximate surface area is 307 Å². The average molecular weight is 730 g/mol. The number of carboxylic acid groups (broad SMARTS) is 1. The van der Waals surface area contributed by atoms with Crippen LogP contribution >= 0.6 is 11.3 Å². The number of hydrogen-bond donors (Lipinski definition) is 4. The summed E-state index contributed by atoms with van der Waals surface area (Å²) in [7, 11) is 3.52. The van der Waals surface area contributed by atoms with Gasteiger partial charge in [0.2, 0.25) is 11.8 Å². The number of benzene rings is 1. The van der Waals surface area contributed by atoms with Gasteiger partial charge in [0.25, 0.3) is 5.91 Å². The van der Waals surface area contributed by atoms with Crippen LogP contribution in [0, 0.1) is 17.8 Å². The van der Waals surface area contributed by atoms with Crippen LogP contribution in [0.1, 0.15) is 100 Å². The molecule has 0 aliphatic carbocycles. The lowest BCUT2D eigenvalue weighted by molar-refractivity contribution is -0.143. The van der Waals surface area contributed by atoms with Gasteiger partial charge in [0.15, 0.2) is 0 Å². The summed E-state index contributed by atoms with van der Waals surface area (Å²) in [5.41, 5.74) is 1.11. The molecule has 1 aliphatic rings. The van der Waals surface area contributed by atoms with E-state index in [0.717, 1.165) is 42.7 Å². The predicted molar refractivity (Wildman–Crippen MR) is 198 cm³/mol. The minimum Gasteiger partial charge on any atom is -0.481 e. The van der Waals surface area contributed by atoms with Crippen molar-refractivity contribution in [1.29, 1.82) is 0 Å². The van der Waals surface area contributed by atoms with Gasteiger partial charge in [-0.1, -0.05) is 77.8 Å². The number of nitrogens with one attached hydrogen (secondary N) is 2. The van der Waals surface area contributed by atoms with E-state index in [1.54, 1.807) is 24.3 Å². The van der Waals surface area contributed by atoms with Crippen LogP contribution in [0.2, 0.25) is 0 Å². The number of carbonyl (C=O) groups is 4. The molecule has 1 aromatic carbocycles. The topological polar surface area (TPSA) is 161 Å². The average Bonchev–Trinajstić information content (AvgIpc) is 3.61. The zero-order valence-electron chi connectivity index (χ0n) is 31.3. The van der Waals surface area contributed by atoms with Crippen molar-refractivity contribution in [1.82, 2.24) is 25.4 Å². The number of carbonyl (C=O) groups excluding carboxylic acids is 3. The summed E-state index contributed by atoms with van der Waals surface area (Å²) in [6.45, 7) is 11.0. The van der Waals surface area contributed by atoms with Gasteiger partial charge >= 0.3 is 5.97 Å². The van der Waals surface area contributed by atoms with Crippen molar-refractivity contribution < 1.29 is 34.1 Å². The number of amides is 3. The third-order valence-corrected chi connectivity index (χ3v) is 11.0. The summed E-state index contributed by atoms with van der Waals surface area (Å²) in [6, 6.07) is 7.68. The number of methoxy groups -OCH3 is 1. The Kier molecular flexibility index (Phi) is 17.0. The number of likely N-dealkylation sites (N-methyl/N-ethyl adjacent to an activating group) is 1. The molecule has 0 bridgehead atoms. The van der Waals surface area contributed by atoms with Crippen LogP contribution in [0.3, 0.4) is 0 Å². The highest BCUT2D eigenvalue weighted by Gasteiger charge is 2.38. The molecule has 51 heavy (non-hydrogen) atoms. The molecule has 1 fully saturated rings. The first-order valence-electron chi connectivity index (χ1n) is 18.3. The Balaban J connectivity index is 1.79. The summed E-state index contributed by atoms with van der Waals surface area (Å²) in [4.78, 5) is 61.2. The van der Waals surface area contributed by atoms with E-state index in [1.807, 2.05) is 65.1 Å². The molecule has 3 amide bonds. The Morgan fingerprint density at radius 2 is 1.78 bits per heavy atom. The highest BCUT2D eigenvalue weighted by Crippen LogP contribution is 2.29. The molecule has 1 aromatic heterocycles. The van der Waals surface area contributed by atoms with Crippen molar-refractivity contribution in [2.24, 2.45) is 17.8 Å². The quantitative estimate of drug-likeness (QED) is 0.154. The molecule has 2 aromatic rings. The van der Waals surface area contributed by atoms with Gasteiger partial charge in [-0.25, -0.2) is 4.98 Å². The van der Waals surface area contributed by atoms with Gasteiger partial charge in [0.05, 0.1) is 18.6 Å². The highest BCUT2D eigenvalue weighted by molar-refractivity contribution is 7.09. The summed E-state index contributed by atoms with van der Waals surface area (Å²) < 4.78 is 5.40. The predicted octanol–water partition coefficient (Wildman–Crippen LogP) is 4.53. The summed E-state index contributed by atoms with van der Waals surface area (Å²) >= 11 is 1.16. The van der Waals surface area contributed by atoms with E-state index < -0.39 is 42.0 Å². The third kappa shape index (κ3) is 12.4. The first-order valence-corrected chi connectivity index (χ1v) is 19.2. The maximum atomic E-state index is 14.4.